The van der Waals surface area contributed by atoms with Gasteiger partial charge in [0.25, 0.3) is 0 Å². The second kappa shape index (κ2) is 3.20. The summed E-state index contributed by atoms with van der Waals surface area (Å²) in [4.78, 5) is 0. The molecule has 0 unspecified atom stereocenters. The van der Waals surface area contributed by atoms with Crippen molar-refractivity contribution in [1.82, 2.24) is 0 Å². The highest BCUT2D eigenvalue weighted by atomic mass is 32.1. The van der Waals surface area contributed by atoms with Crippen LogP contribution in [0.3, 0.4) is 0 Å². The zero-order valence-electron chi connectivity index (χ0n) is 7.44. The van der Waals surface area contributed by atoms with Crippen LogP contribution >= 0.6 is 11.3 Å². The summed E-state index contributed by atoms with van der Waals surface area (Å²) >= 11 is 1.40. The van der Waals surface area contributed by atoms with Crippen LogP contribution in [0.25, 0.3) is 10.1 Å². The zero-order valence-corrected chi connectivity index (χ0v) is 8.26. The van der Waals surface area contributed by atoms with Gasteiger partial charge in [-0.3, -0.25) is 0 Å². The number of fused-ring (bicyclic) bond motifs is 1. The molecule has 4 heteroatoms. The van der Waals surface area contributed by atoms with Crippen LogP contribution in [-0.2, 0) is 0 Å². The van der Waals surface area contributed by atoms with E-state index in [1.54, 1.807) is 13.2 Å². The lowest BCUT2D eigenvalue weighted by molar-refractivity contribution is 0.421. The van der Waals surface area contributed by atoms with Crippen molar-refractivity contribution in [3.8, 4) is 17.6 Å². The Bertz CT molecular complexity index is 525. The van der Waals surface area contributed by atoms with Gasteiger partial charge in [0.2, 0.25) is 0 Å². The van der Waals surface area contributed by atoms with Crippen molar-refractivity contribution in [2.75, 3.05) is 7.11 Å². The first-order chi connectivity index (χ1) is 6.76. The molecular weight excluding hydrogens is 198 g/mol. The number of phenolic OH excluding ortho intramolecular Hbond substituents is 1. The molecule has 0 atom stereocenters. The van der Waals surface area contributed by atoms with Crippen LogP contribution in [0.4, 0.5) is 0 Å². The van der Waals surface area contributed by atoms with E-state index in [0.29, 0.717) is 11.3 Å². The third kappa shape index (κ3) is 1.19. The largest absolute Gasteiger partial charge is 0.506 e. The average molecular weight is 205 g/mol. The normalized spacial score (nSPS) is 10.0. The van der Waals surface area contributed by atoms with Gasteiger partial charge in [-0.2, -0.15) is 5.26 Å². The van der Waals surface area contributed by atoms with Crippen LogP contribution in [0.5, 0.6) is 11.5 Å². The van der Waals surface area contributed by atoms with E-state index in [1.807, 2.05) is 11.4 Å². The fourth-order valence-electron chi connectivity index (χ4n) is 1.32. The minimum absolute atomic E-state index is 0.132. The Morgan fingerprint density at radius 1 is 1.50 bits per heavy atom. The zero-order chi connectivity index (χ0) is 10.1. The van der Waals surface area contributed by atoms with Gasteiger partial charge in [-0.15, -0.1) is 11.3 Å². The van der Waals surface area contributed by atoms with Gasteiger partial charge < -0.3 is 9.84 Å². The van der Waals surface area contributed by atoms with E-state index >= 15 is 0 Å². The summed E-state index contributed by atoms with van der Waals surface area (Å²) in [6.45, 7) is 0. The maximum atomic E-state index is 9.60. The van der Waals surface area contributed by atoms with Crippen molar-refractivity contribution in [2.24, 2.45) is 0 Å². The molecule has 0 amide bonds. The number of aromatic hydroxyl groups is 1. The molecule has 0 aliphatic heterocycles. The SMILES string of the molecule is COc1csc2c(O)cc(C#N)cc12. The number of thiophene rings is 1. The Balaban J connectivity index is 2.82. The second-order valence-electron chi connectivity index (χ2n) is 2.79. The van der Waals surface area contributed by atoms with Gasteiger partial charge in [0.05, 0.1) is 23.4 Å². The van der Waals surface area contributed by atoms with Crippen LogP contribution in [-0.4, -0.2) is 12.2 Å². The van der Waals surface area contributed by atoms with E-state index in [4.69, 9.17) is 10.00 Å². The van der Waals surface area contributed by atoms with E-state index in [9.17, 15) is 5.11 Å². The van der Waals surface area contributed by atoms with E-state index < -0.39 is 0 Å². The third-order valence-corrected chi connectivity index (χ3v) is 2.96. The lowest BCUT2D eigenvalue weighted by Gasteiger charge is -1.98. The van der Waals surface area contributed by atoms with Crippen molar-refractivity contribution < 1.29 is 9.84 Å². The highest BCUT2D eigenvalue weighted by Crippen LogP contribution is 2.38. The number of phenols is 1. The number of hydrogen-bond donors (Lipinski definition) is 1. The fourth-order valence-corrected chi connectivity index (χ4v) is 2.23. The fraction of sp³-hybridized carbons (Fsp3) is 0.100. The monoisotopic (exact) mass is 205 g/mol. The molecule has 0 fully saturated rings. The topological polar surface area (TPSA) is 53.2 Å². The summed E-state index contributed by atoms with van der Waals surface area (Å²) in [5.41, 5.74) is 0.437. The first-order valence-electron chi connectivity index (χ1n) is 3.94. The summed E-state index contributed by atoms with van der Waals surface area (Å²) in [5.74, 6) is 0.824. The molecular formula is C10H7NO2S. The standard InChI is InChI=1S/C10H7NO2S/c1-13-9-5-14-10-7(9)2-6(4-11)3-8(10)12/h2-3,5,12H,1H3. The molecule has 0 radical (unpaired) electrons. The molecule has 1 N–H and O–H groups in total. The third-order valence-electron chi connectivity index (χ3n) is 1.97. The predicted octanol–water partition coefficient (Wildman–Crippen LogP) is 2.49. The summed E-state index contributed by atoms with van der Waals surface area (Å²) < 4.78 is 5.86. The second-order valence-corrected chi connectivity index (χ2v) is 3.67. The van der Waals surface area contributed by atoms with Gasteiger partial charge in [0.15, 0.2) is 0 Å². The number of benzene rings is 1. The Morgan fingerprint density at radius 2 is 2.29 bits per heavy atom. The lowest BCUT2D eigenvalue weighted by Crippen LogP contribution is -1.80. The highest BCUT2D eigenvalue weighted by molar-refractivity contribution is 7.18. The smallest absolute Gasteiger partial charge is 0.137 e. The Kier molecular flexibility index (Phi) is 2.02. The molecule has 2 rings (SSSR count). The Morgan fingerprint density at radius 3 is 2.93 bits per heavy atom. The molecule has 0 saturated heterocycles. The number of ether oxygens (including phenoxy) is 1. The highest BCUT2D eigenvalue weighted by Gasteiger charge is 2.09. The Labute approximate surface area is 84.8 Å². The van der Waals surface area contributed by atoms with E-state index in [1.165, 1.54) is 17.4 Å². The van der Waals surface area contributed by atoms with Crippen LogP contribution in [0, 0.1) is 11.3 Å². The molecule has 0 bridgehead atoms. The maximum Gasteiger partial charge on any atom is 0.137 e. The first-order valence-corrected chi connectivity index (χ1v) is 4.82. The van der Waals surface area contributed by atoms with Gasteiger partial charge >= 0.3 is 0 Å². The molecule has 1 aromatic carbocycles. The summed E-state index contributed by atoms with van der Waals surface area (Å²) in [5, 5.41) is 20.9. The van der Waals surface area contributed by atoms with E-state index in [2.05, 4.69) is 0 Å². The molecule has 0 saturated carbocycles. The molecule has 0 spiro atoms. The number of hydrogen-bond acceptors (Lipinski definition) is 4. The summed E-state index contributed by atoms with van der Waals surface area (Å²) in [6, 6.07) is 5.16. The van der Waals surface area contributed by atoms with Crippen molar-refractivity contribution in [3.63, 3.8) is 0 Å². The minimum atomic E-state index is 0.132. The molecule has 14 heavy (non-hydrogen) atoms. The van der Waals surface area contributed by atoms with Crippen molar-refractivity contribution in [3.05, 3.63) is 23.1 Å². The first kappa shape index (κ1) is 8.85. The number of methoxy groups -OCH3 is 1. The number of nitrogens with zero attached hydrogens (tertiary/aromatic N) is 1. The van der Waals surface area contributed by atoms with E-state index in [-0.39, 0.29) is 5.75 Å². The van der Waals surface area contributed by atoms with Crippen LogP contribution in [0.2, 0.25) is 0 Å². The van der Waals surface area contributed by atoms with Gasteiger partial charge in [-0.05, 0) is 12.1 Å². The van der Waals surface area contributed by atoms with E-state index in [0.717, 1.165) is 10.1 Å². The maximum absolute atomic E-state index is 9.60. The lowest BCUT2D eigenvalue weighted by atomic mass is 10.1. The average Bonchev–Trinajstić information content (AvgIpc) is 2.61. The molecule has 1 heterocycles. The number of nitriles is 1. The molecule has 1 aromatic heterocycles. The van der Waals surface area contributed by atoms with Crippen molar-refractivity contribution in [2.45, 2.75) is 0 Å². The van der Waals surface area contributed by atoms with Gasteiger partial charge in [-0.25, -0.2) is 0 Å². The molecule has 0 aliphatic carbocycles. The van der Waals surface area contributed by atoms with Gasteiger partial charge in [-0.1, -0.05) is 0 Å². The van der Waals surface area contributed by atoms with Crippen LogP contribution < -0.4 is 4.74 Å². The molecule has 0 aliphatic rings. The molecule has 3 nitrogen and oxygen atoms in total. The van der Waals surface area contributed by atoms with Crippen LogP contribution in [0.15, 0.2) is 17.5 Å². The van der Waals surface area contributed by atoms with Gasteiger partial charge in [0, 0.05) is 10.8 Å². The Hall–Kier alpha value is -1.73. The minimum Gasteiger partial charge on any atom is -0.506 e. The number of rotatable bonds is 1. The quantitative estimate of drug-likeness (QED) is 0.778. The molecule has 70 valence electrons. The summed E-state index contributed by atoms with van der Waals surface area (Å²) in [7, 11) is 1.57. The predicted molar refractivity (Wildman–Crippen MR) is 54.8 cm³/mol. The van der Waals surface area contributed by atoms with Crippen molar-refractivity contribution in [1.29, 1.82) is 5.26 Å². The van der Waals surface area contributed by atoms with Gasteiger partial charge in [0.1, 0.15) is 11.5 Å². The summed E-state index contributed by atoms with van der Waals surface area (Å²) in [6.07, 6.45) is 0. The van der Waals surface area contributed by atoms with Crippen molar-refractivity contribution >= 4 is 21.4 Å². The van der Waals surface area contributed by atoms with Crippen LogP contribution in [0.1, 0.15) is 5.56 Å². The molecule has 2 aromatic rings.